The second-order valence-corrected chi connectivity index (χ2v) is 14.3. The Morgan fingerprint density at radius 3 is 1.26 bits per heavy atom. The van der Waals surface area contributed by atoms with E-state index in [1.165, 1.54) is 103 Å². The van der Waals surface area contributed by atoms with E-state index in [0.717, 1.165) is 42.6 Å². The van der Waals surface area contributed by atoms with Crippen molar-refractivity contribution >= 4 is 30.6 Å². The molecule has 1 aromatic carbocycles. The number of hydrogen-bond acceptors (Lipinski definition) is 4. The first-order valence-corrected chi connectivity index (χ1v) is 17.5. The van der Waals surface area contributed by atoms with Crippen LogP contribution in [0.1, 0.15) is 141 Å². The van der Waals surface area contributed by atoms with E-state index in [1.54, 1.807) is 0 Å². The molecule has 0 N–H and O–H groups in total. The molecule has 6 heteroatoms. The average Bonchev–Trinajstić information content (AvgIpc) is 2.77. The number of rotatable bonds is 22. The molecule has 0 bridgehead atoms. The van der Waals surface area contributed by atoms with Crippen LogP contribution in [0.5, 0.6) is 5.75 Å². The van der Waals surface area contributed by atoms with Crippen molar-refractivity contribution in [1.82, 2.24) is 0 Å². The van der Waals surface area contributed by atoms with Crippen LogP contribution < -0.4 is 9.42 Å². The molecule has 0 unspecified atom stereocenters. The Balaban J connectivity index is 0.0000109. The number of benzene rings is 1. The molecule has 2 nitrogen and oxygen atoms in total. The molecule has 0 aromatic heterocycles. The Hall–Kier alpha value is 0.733. The Morgan fingerprint density at radius 1 is 0.618 bits per heavy atom. The van der Waals surface area contributed by atoms with Crippen LogP contribution in [0.25, 0.3) is 0 Å². The van der Waals surface area contributed by atoms with E-state index >= 15 is 0 Å². The third kappa shape index (κ3) is 18.9. The summed E-state index contributed by atoms with van der Waals surface area (Å²) in [5, 5.41) is 0. The fraction of sp³-hybridized carbons (Fsp3) is 0.786. The van der Waals surface area contributed by atoms with Gasteiger partial charge in [-0.2, -0.15) is 0 Å². The van der Waals surface area contributed by atoms with Gasteiger partial charge >= 0.3 is 19.5 Å². The van der Waals surface area contributed by atoms with Crippen LogP contribution in [0, 0.1) is 0 Å². The van der Waals surface area contributed by atoms with Gasteiger partial charge in [0.15, 0.2) is 5.75 Å². The first-order chi connectivity index (χ1) is 16.0. The summed E-state index contributed by atoms with van der Waals surface area (Å²) in [5.74, 6) is 0.727. The molecule has 1 rings (SSSR count). The molecule has 0 radical (unpaired) electrons. The van der Waals surface area contributed by atoms with E-state index < -0.39 is 6.12 Å². The number of hydrogen-bond donors (Lipinski definition) is 0. The largest absolute Gasteiger partial charge is 2.00 e. The predicted octanol–water partition coefficient (Wildman–Crippen LogP) is 9.34. The molecular formula is C28H49O2PS2Zn. The zero-order valence-electron chi connectivity index (χ0n) is 22.2. The van der Waals surface area contributed by atoms with E-state index in [4.69, 9.17) is 29.0 Å². The third-order valence-electron chi connectivity index (χ3n) is 6.48. The van der Waals surface area contributed by atoms with Gasteiger partial charge in [0.1, 0.15) is 0 Å². The Kier molecular flexibility index (Phi) is 23.4. The molecule has 0 aliphatic heterocycles. The summed E-state index contributed by atoms with van der Waals surface area (Å²) < 4.78 is 5.72. The Labute approximate surface area is 235 Å². The maximum absolute atomic E-state index is 12.1. The van der Waals surface area contributed by atoms with Crippen molar-refractivity contribution in [3.63, 3.8) is 0 Å². The molecule has 0 atom stereocenters. The fourth-order valence-electron chi connectivity index (χ4n) is 4.51. The fourth-order valence-corrected chi connectivity index (χ4v) is 5.42. The van der Waals surface area contributed by atoms with Crippen LogP contribution in [-0.2, 0) is 56.8 Å². The van der Waals surface area contributed by atoms with Crippen molar-refractivity contribution in [3.8, 4) is 5.75 Å². The van der Waals surface area contributed by atoms with Crippen LogP contribution in [-0.4, -0.2) is 0 Å². The molecule has 0 aliphatic carbocycles. The van der Waals surface area contributed by atoms with E-state index in [2.05, 4.69) is 32.0 Å². The van der Waals surface area contributed by atoms with Crippen LogP contribution in [0.4, 0.5) is 0 Å². The van der Waals surface area contributed by atoms with Gasteiger partial charge in [-0.25, -0.2) is 0 Å². The van der Waals surface area contributed by atoms with Crippen LogP contribution in [0.2, 0.25) is 0 Å². The number of para-hydroxylation sites is 1. The molecule has 0 aliphatic rings. The van der Waals surface area contributed by atoms with Gasteiger partial charge in [0.05, 0.1) is 0 Å². The van der Waals surface area contributed by atoms with Gasteiger partial charge in [-0.3, -0.25) is 0 Å². The SMILES string of the molecule is CCCCCCCCCCCc1cccc(CCCCCCCCCCC)c1O[P+]([O-])([S-])[S-].[Zn+2]. The van der Waals surface area contributed by atoms with Gasteiger partial charge < -0.3 is 33.9 Å². The summed E-state index contributed by atoms with van der Waals surface area (Å²) in [7, 11) is 0. The second kappa shape index (κ2) is 22.9. The molecule has 0 saturated carbocycles. The summed E-state index contributed by atoms with van der Waals surface area (Å²) in [6.45, 7) is 4.53. The first-order valence-electron chi connectivity index (χ1n) is 13.8. The maximum atomic E-state index is 12.1. The van der Waals surface area contributed by atoms with Crippen molar-refractivity contribution in [3.05, 3.63) is 29.3 Å². The van der Waals surface area contributed by atoms with Crippen LogP contribution >= 0.6 is 6.12 Å². The molecule has 1 aromatic rings. The second-order valence-electron chi connectivity index (χ2n) is 9.60. The van der Waals surface area contributed by atoms with Crippen molar-refractivity contribution < 1.29 is 28.9 Å². The molecule has 34 heavy (non-hydrogen) atoms. The number of unbranched alkanes of at least 4 members (excludes halogenated alkanes) is 16. The minimum absolute atomic E-state index is 0. The van der Waals surface area contributed by atoms with Gasteiger partial charge in [-0.1, -0.05) is 135 Å². The molecule has 0 amide bonds. The van der Waals surface area contributed by atoms with Crippen molar-refractivity contribution in [2.24, 2.45) is 0 Å². The molecule has 0 spiro atoms. The summed E-state index contributed by atoms with van der Waals surface area (Å²) in [6, 6.07) is 6.30. The van der Waals surface area contributed by atoms with E-state index in [0.29, 0.717) is 0 Å². The topological polar surface area (TPSA) is 32.3 Å². The quantitative estimate of drug-likeness (QED) is 0.0594. The monoisotopic (exact) mass is 576 g/mol. The van der Waals surface area contributed by atoms with Gasteiger partial charge in [0.2, 0.25) is 0 Å². The standard InChI is InChI=1S/C28H51O2PS2.Zn/c1-3-5-7-9-11-13-15-17-19-22-26-24-21-25-27(28(26)30-31(29,32)33)23-20-18-16-14-12-10-8-6-4-2;/h21,24-25H,3-20,22-23H2,1-2H3,(H2,29,32,33);/q;+2/p-2. The minimum atomic E-state index is -3.40. The van der Waals surface area contributed by atoms with E-state index in [1.807, 2.05) is 0 Å². The summed E-state index contributed by atoms with van der Waals surface area (Å²) in [6.07, 6.45) is 22.0. The summed E-state index contributed by atoms with van der Waals surface area (Å²) in [4.78, 5) is 12.1. The average molecular weight is 578 g/mol. The molecule has 0 saturated heterocycles. The predicted molar refractivity (Wildman–Crippen MR) is 151 cm³/mol. The number of aryl methyl sites for hydroxylation is 2. The van der Waals surface area contributed by atoms with Gasteiger partial charge in [0.25, 0.3) is 0 Å². The minimum Gasteiger partial charge on any atom is -0.682 e. The Morgan fingerprint density at radius 2 is 0.941 bits per heavy atom. The van der Waals surface area contributed by atoms with Gasteiger partial charge in [-0.15, -0.1) is 6.12 Å². The summed E-state index contributed by atoms with van der Waals surface area (Å²) >= 11 is 9.92. The Bertz CT molecular complexity index is 556. The molecule has 0 heterocycles. The molecule has 192 valence electrons. The van der Waals surface area contributed by atoms with Crippen molar-refractivity contribution in [2.45, 2.75) is 142 Å². The van der Waals surface area contributed by atoms with Gasteiger partial charge in [-0.05, 0) is 36.8 Å². The zero-order valence-corrected chi connectivity index (χ0v) is 27.7. The zero-order chi connectivity index (χ0) is 24.2. The van der Waals surface area contributed by atoms with E-state index in [9.17, 15) is 4.89 Å². The molecular weight excluding hydrogens is 529 g/mol. The van der Waals surface area contributed by atoms with Crippen LogP contribution in [0.15, 0.2) is 18.2 Å². The maximum Gasteiger partial charge on any atom is 2.00 e. The summed E-state index contributed by atoms with van der Waals surface area (Å²) in [5.41, 5.74) is 2.25. The van der Waals surface area contributed by atoms with Crippen molar-refractivity contribution in [1.29, 1.82) is 0 Å². The molecule has 0 fully saturated rings. The third-order valence-corrected chi connectivity index (χ3v) is 7.33. The van der Waals surface area contributed by atoms with Gasteiger partial charge in [0, 0.05) is 0 Å². The van der Waals surface area contributed by atoms with Crippen molar-refractivity contribution in [2.75, 3.05) is 0 Å². The smallest absolute Gasteiger partial charge is 0.682 e. The first kappa shape index (κ1) is 34.7. The van der Waals surface area contributed by atoms with E-state index in [-0.39, 0.29) is 19.5 Å². The normalized spacial score (nSPS) is 11.4. The van der Waals surface area contributed by atoms with Crippen LogP contribution in [0.3, 0.4) is 0 Å².